The molecule has 0 aliphatic heterocycles. The molecule has 0 radical (unpaired) electrons. The van der Waals surface area contributed by atoms with Crippen LogP contribution in [0.5, 0.6) is 0 Å². The first-order valence-electron chi connectivity index (χ1n) is 6.26. The van der Waals surface area contributed by atoms with Crippen molar-refractivity contribution in [3.63, 3.8) is 0 Å². The van der Waals surface area contributed by atoms with Crippen LogP contribution in [-0.4, -0.2) is 9.97 Å². The van der Waals surface area contributed by atoms with Crippen molar-refractivity contribution in [3.8, 4) is 0 Å². The molecule has 0 atom stereocenters. The first-order valence-corrected chi connectivity index (χ1v) is 7.90. The zero-order valence-corrected chi connectivity index (χ0v) is 12.1. The van der Waals surface area contributed by atoms with Crippen LogP contribution in [0.15, 0.2) is 70.2 Å². The molecule has 4 heteroatoms. The van der Waals surface area contributed by atoms with Gasteiger partial charge in [0, 0.05) is 22.7 Å². The van der Waals surface area contributed by atoms with Crippen LogP contribution in [-0.2, 0) is 0 Å². The average Bonchev–Trinajstić information content (AvgIpc) is 2.90. The number of fused-ring (bicyclic) bond motifs is 2. The predicted octanol–water partition coefficient (Wildman–Crippen LogP) is 5.00. The van der Waals surface area contributed by atoms with Gasteiger partial charge < -0.3 is 0 Å². The number of hydrogen-bond donors (Lipinski definition) is 0. The summed E-state index contributed by atoms with van der Waals surface area (Å²) in [4.78, 5) is 10.1. The molecule has 0 bridgehead atoms. The van der Waals surface area contributed by atoms with Gasteiger partial charge in [-0.15, -0.1) is 11.3 Å². The molecule has 2 heterocycles. The summed E-state index contributed by atoms with van der Waals surface area (Å²) in [6.45, 7) is 0. The highest BCUT2D eigenvalue weighted by Gasteiger charge is 2.08. The Kier molecular flexibility index (Phi) is 2.90. The van der Waals surface area contributed by atoms with Gasteiger partial charge in [-0.3, -0.25) is 4.98 Å². The van der Waals surface area contributed by atoms with Crippen LogP contribution >= 0.6 is 23.1 Å². The van der Waals surface area contributed by atoms with E-state index in [1.165, 1.54) is 15.5 Å². The molecular formula is C16H10N2S2. The summed E-state index contributed by atoms with van der Waals surface area (Å²) in [6, 6.07) is 16.6. The summed E-state index contributed by atoms with van der Waals surface area (Å²) in [5.41, 5.74) is 1.06. The molecule has 0 amide bonds. The van der Waals surface area contributed by atoms with Gasteiger partial charge in [-0.25, -0.2) is 4.98 Å². The molecule has 0 aliphatic carbocycles. The molecule has 20 heavy (non-hydrogen) atoms. The van der Waals surface area contributed by atoms with E-state index in [9.17, 15) is 0 Å². The van der Waals surface area contributed by atoms with Crippen molar-refractivity contribution in [1.82, 2.24) is 9.97 Å². The highest BCUT2D eigenvalue weighted by molar-refractivity contribution is 8.01. The van der Waals surface area contributed by atoms with Crippen LogP contribution in [0.4, 0.5) is 0 Å². The first-order chi connectivity index (χ1) is 9.90. The lowest BCUT2D eigenvalue weighted by Gasteiger charge is -2.02. The number of pyridine rings is 1. The van der Waals surface area contributed by atoms with Crippen molar-refractivity contribution >= 4 is 44.1 Å². The Morgan fingerprint density at radius 1 is 0.900 bits per heavy atom. The second-order valence-electron chi connectivity index (χ2n) is 4.41. The summed E-state index contributed by atoms with van der Waals surface area (Å²) in [6.07, 6.45) is 3.82. The van der Waals surface area contributed by atoms with E-state index in [2.05, 4.69) is 46.4 Å². The number of rotatable bonds is 2. The van der Waals surface area contributed by atoms with Crippen molar-refractivity contribution in [3.05, 3.63) is 60.9 Å². The molecule has 0 unspecified atom stereocenters. The van der Waals surface area contributed by atoms with E-state index < -0.39 is 0 Å². The maximum absolute atomic E-state index is 4.67. The number of para-hydroxylation sites is 1. The van der Waals surface area contributed by atoms with Gasteiger partial charge in [0.2, 0.25) is 0 Å². The smallest absolute Gasteiger partial charge is 0.155 e. The van der Waals surface area contributed by atoms with E-state index in [1.54, 1.807) is 23.1 Å². The molecule has 4 aromatic rings. The number of thiazole rings is 1. The summed E-state index contributed by atoms with van der Waals surface area (Å²) in [5, 5.41) is 2.39. The Bertz CT molecular complexity index is 861. The average molecular weight is 294 g/mol. The fourth-order valence-corrected chi connectivity index (χ4v) is 4.30. The topological polar surface area (TPSA) is 25.8 Å². The van der Waals surface area contributed by atoms with Crippen molar-refractivity contribution in [2.45, 2.75) is 9.24 Å². The van der Waals surface area contributed by atoms with Crippen molar-refractivity contribution in [2.24, 2.45) is 0 Å². The van der Waals surface area contributed by atoms with Crippen molar-refractivity contribution < 1.29 is 0 Å². The Hall–Kier alpha value is -1.91. The zero-order valence-electron chi connectivity index (χ0n) is 10.5. The minimum Gasteiger partial charge on any atom is -0.263 e. The van der Waals surface area contributed by atoms with E-state index in [1.807, 2.05) is 24.5 Å². The first kappa shape index (κ1) is 11.9. The number of hydrogen-bond acceptors (Lipinski definition) is 4. The predicted molar refractivity (Wildman–Crippen MR) is 85.5 cm³/mol. The van der Waals surface area contributed by atoms with Gasteiger partial charge in [0.25, 0.3) is 0 Å². The molecular weight excluding hydrogens is 284 g/mol. The monoisotopic (exact) mass is 294 g/mol. The van der Waals surface area contributed by atoms with Gasteiger partial charge in [-0.05, 0) is 17.5 Å². The normalized spacial score (nSPS) is 11.2. The lowest BCUT2D eigenvalue weighted by atomic mass is 10.2. The number of aromatic nitrogens is 2. The van der Waals surface area contributed by atoms with Gasteiger partial charge >= 0.3 is 0 Å². The SMILES string of the molecule is c1ccc2c(Sc3nc4ccccc4s3)cncc2c1. The van der Waals surface area contributed by atoms with E-state index in [4.69, 9.17) is 0 Å². The Morgan fingerprint density at radius 2 is 1.75 bits per heavy atom. The van der Waals surface area contributed by atoms with Gasteiger partial charge in [0.1, 0.15) is 0 Å². The molecule has 0 spiro atoms. The highest BCUT2D eigenvalue weighted by Crippen LogP contribution is 2.36. The summed E-state index contributed by atoms with van der Waals surface area (Å²) in [5.74, 6) is 0. The number of nitrogens with zero attached hydrogens (tertiary/aromatic N) is 2. The standard InChI is InChI=1S/C16H10N2S2/c1-2-6-12-11(5-1)9-17-10-15(12)20-16-18-13-7-3-4-8-14(13)19-16/h1-10H. The second kappa shape index (κ2) is 4.89. The quantitative estimate of drug-likeness (QED) is 0.520. The zero-order chi connectivity index (χ0) is 13.4. The lowest BCUT2D eigenvalue weighted by molar-refractivity contribution is 1.26. The molecule has 0 aliphatic rings. The van der Waals surface area contributed by atoms with Gasteiger partial charge in [0.15, 0.2) is 4.34 Å². The van der Waals surface area contributed by atoms with E-state index >= 15 is 0 Å². The number of benzene rings is 2. The van der Waals surface area contributed by atoms with Gasteiger partial charge in [-0.2, -0.15) is 0 Å². The van der Waals surface area contributed by atoms with Crippen LogP contribution in [0.25, 0.3) is 21.0 Å². The second-order valence-corrected chi connectivity index (χ2v) is 6.73. The van der Waals surface area contributed by atoms with E-state index in [-0.39, 0.29) is 0 Å². The molecule has 0 N–H and O–H groups in total. The van der Waals surface area contributed by atoms with Crippen LogP contribution < -0.4 is 0 Å². The molecule has 96 valence electrons. The lowest BCUT2D eigenvalue weighted by Crippen LogP contribution is -1.80. The third-order valence-corrected chi connectivity index (χ3v) is 5.25. The highest BCUT2D eigenvalue weighted by atomic mass is 32.2. The molecule has 4 rings (SSSR count). The Morgan fingerprint density at radius 3 is 2.70 bits per heavy atom. The Labute approximate surface area is 124 Å². The molecule has 0 saturated carbocycles. The van der Waals surface area contributed by atoms with Crippen LogP contribution in [0.2, 0.25) is 0 Å². The molecule has 2 aromatic heterocycles. The van der Waals surface area contributed by atoms with E-state index in [0.717, 1.165) is 14.8 Å². The largest absolute Gasteiger partial charge is 0.263 e. The van der Waals surface area contributed by atoms with Crippen LogP contribution in [0.1, 0.15) is 0 Å². The summed E-state index contributed by atoms with van der Waals surface area (Å²) >= 11 is 3.41. The molecule has 0 fully saturated rings. The molecule has 2 nitrogen and oxygen atoms in total. The maximum atomic E-state index is 4.67. The third kappa shape index (κ3) is 2.07. The van der Waals surface area contributed by atoms with Crippen LogP contribution in [0, 0.1) is 0 Å². The van der Waals surface area contributed by atoms with Gasteiger partial charge in [-0.1, -0.05) is 48.2 Å². The fourth-order valence-electron chi connectivity index (χ4n) is 2.16. The summed E-state index contributed by atoms with van der Waals surface area (Å²) in [7, 11) is 0. The van der Waals surface area contributed by atoms with E-state index in [0.29, 0.717) is 0 Å². The third-order valence-electron chi connectivity index (χ3n) is 3.10. The fraction of sp³-hybridized carbons (Fsp3) is 0. The summed E-state index contributed by atoms with van der Waals surface area (Å²) < 4.78 is 2.28. The Balaban J connectivity index is 1.80. The maximum Gasteiger partial charge on any atom is 0.155 e. The van der Waals surface area contributed by atoms with Crippen LogP contribution in [0.3, 0.4) is 0 Å². The molecule has 2 aromatic carbocycles. The molecule has 0 saturated heterocycles. The van der Waals surface area contributed by atoms with Crippen molar-refractivity contribution in [1.29, 1.82) is 0 Å². The van der Waals surface area contributed by atoms with Gasteiger partial charge in [0.05, 0.1) is 10.2 Å². The minimum absolute atomic E-state index is 1.06. The minimum atomic E-state index is 1.06. The van der Waals surface area contributed by atoms with Crippen molar-refractivity contribution in [2.75, 3.05) is 0 Å².